The summed E-state index contributed by atoms with van der Waals surface area (Å²) in [5, 5.41) is 1.17. The maximum Gasteiger partial charge on any atom is 1.00 e. The molecule has 0 spiro atoms. The summed E-state index contributed by atoms with van der Waals surface area (Å²) in [6.07, 6.45) is 6.81. The first-order valence-electron chi connectivity index (χ1n) is 14.8. The molecule has 1 aliphatic rings. The summed E-state index contributed by atoms with van der Waals surface area (Å²) >= 11 is 0. The predicted octanol–water partition coefficient (Wildman–Crippen LogP) is -6.11. The Kier molecular flexibility index (Phi) is 13.3. The molecular formula is C32H34N4Na2O10S2. The molecule has 4 N–H and O–H groups in total. The number of ether oxygens (including phenoxy) is 2. The van der Waals surface area contributed by atoms with Crippen molar-refractivity contribution in [3.63, 3.8) is 0 Å². The summed E-state index contributed by atoms with van der Waals surface area (Å²) in [4.78, 5) is 35.7. The minimum atomic E-state index is -5.05. The summed E-state index contributed by atoms with van der Waals surface area (Å²) in [6.45, 7) is 6.48. The maximum absolute atomic E-state index is 12.5. The van der Waals surface area contributed by atoms with Gasteiger partial charge in [0.05, 0.1) is 35.1 Å². The summed E-state index contributed by atoms with van der Waals surface area (Å²) in [5.74, 6) is -0.858. The Morgan fingerprint density at radius 3 is 1.56 bits per heavy atom. The van der Waals surface area contributed by atoms with Crippen molar-refractivity contribution in [1.82, 2.24) is 19.9 Å². The molecule has 0 saturated carbocycles. The van der Waals surface area contributed by atoms with Gasteiger partial charge in [0.15, 0.2) is 0 Å². The fourth-order valence-corrected chi connectivity index (χ4v) is 7.88. The van der Waals surface area contributed by atoms with Gasteiger partial charge in [0, 0.05) is 46.0 Å². The van der Waals surface area contributed by atoms with Crippen LogP contribution in [0.5, 0.6) is 0 Å². The first-order chi connectivity index (χ1) is 22.4. The van der Waals surface area contributed by atoms with Crippen molar-refractivity contribution in [3.8, 4) is 0 Å². The fourth-order valence-electron chi connectivity index (χ4n) is 6.15. The molecule has 0 unspecified atom stereocenters. The molecule has 0 aliphatic carbocycles. The molecule has 0 saturated heterocycles. The number of carbonyl (C=O) groups excluding carboxylic acids is 2. The number of aromatic nitrogens is 4. The van der Waals surface area contributed by atoms with Gasteiger partial charge in [0.1, 0.15) is 20.2 Å². The van der Waals surface area contributed by atoms with Gasteiger partial charge < -0.3 is 38.5 Å². The van der Waals surface area contributed by atoms with Crippen LogP contribution in [-0.2, 0) is 52.1 Å². The third kappa shape index (κ3) is 8.36. The largest absolute Gasteiger partial charge is 1.00 e. The second-order valence-corrected chi connectivity index (χ2v) is 14.2. The normalized spacial score (nSPS) is 12.3. The molecule has 4 aromatic heterocycles. The van der Waals surface area contributed by atoms with E-state index in [1.807, 2.05) is 6.92 Å². The van der Waals surface area contributed by atoms with Gasteiger partial charge in [-0.05, 0) is 98.2 Å². The van der Waals surface area contributed by atoms with Gasteiger partial charge in [0.2, 0.25) is 0 Å². The third-order valence-electron chi connectivity index (χ3n) is 8.69. The second kappa shape index (κ2) is 15.9. The summed E-state index contributed by atoms with van der Waals surface area (Å²) in [7, 11) is -7.50. The van der Waals surface area contributed by atoms with Crippen molar-refractivity contribution < 1.29 is 104 Å². The Labute approximate surface area is 332 Å². The Morgan fingerprint density at radius 1 is 0.560 bits per heavy atom. The van der Waals surface area contributed by atoms with Gasteiger partial charge in [0.25, 0.3) is 0 Å². The van der Waals surface area contributed by atoms with E-state index in [1.54, 1.807) is 19.1 Å². The molecule has 4 aromatic rings. The van der Waals surface area contributed by atoms with E-state index in [0.717, 1.165) is 16.7 Å². The molecule has 14 nitrogen and oxygen atoms in total. The van der Waals surface area contributed by atoms with E-state index in [9.17, 15) is 35.5 Å². The van der Waals surface area contributed by atoms with E-state index in [1.165, 1.54) is 40.2 Å². The molecule has 8 bridgehead atoms. The van der Waals surface area contributed by atoms with Gasteiger partial charge in [-0.3, -0.25) is 9.59 Å². The van der Waals surface area contributed by atoms with Crippen LogP contribution >= 0.6 is 0 Å². The van der Waals surface area contributed by atoms with E-state index >= 15 is 0 Å². The van der Waals surface area contributed by atoms with Gasteiger partial charge in [-0.2, -0.15) is 0 Å². The molecule has 0 fully saturated rings. The number of methoxy groups -OCH3 is 2. The van der Waals surface area contributed by atoms with E-state index in [2.05, 4.69) is 19.9 Å². The van der Waals surface area contributed by atoms with E-state index in [-0.39, 0.29) is 118 Å². The molecule has 0 amide bonds. The van der Waals surface area contributed by atoms with E-state index in [0.29, 0.717) is 27.6 Å². The predicted molar refractivity (Wildman–Crippen MR) is 171 cm³/mol. The van der Waals surface area contributed by atoms with Gasteiger partial charge in [-0.25, -0.2) is 16.8 Å². The van der Waals surface area contributed by atoms with Crippen LogP contribution < -0.4 is 80.5 Å². The number of esters is 2. The molecular weight excluding hydrogens is 710 g/mol. The van der Waals surface area contributed by atoms with Crippen LogP contribution in [0.15, 0.2) is 9.79 Å². The molecule has 0 radical (unpaired) electrons. The molecule has 1 aliphatic heterocycles. The quantitative estimate of drug-likeness (QED) is 0.0668. The number of hydrogen-bond donors (Lipinski definition) is 4. The van der Waals surface area contributed by atoms with Crippen molar-refractivity contribution in [2.24, 2.45) is 0 Å². The topological polar surface area (TPSA) is 230 Å². The van der Waals surface area contributed by atoms with Gasteiger partial charge in [-0.1, -0.05) is 0 Å². The number of rotatable bonds is 8. The first-order valence-corrected chi connectivity index (χ1v) is 17.6. The zero-order chi connectivity index (χ0) is 35.3. The molecule has 0 aromatic carbocycles. The van der Waals surface area contributed by atoms with Gasteiger partial charge >= 0.3 is 71.1 Å². The molecule has 5 heterocycles. The van der Waals surface area contributed by atoms with Crippen molar-refractivity contribution >= 4 is 56.5 Å². The van der Waals surface area contributed by atoms with Crippen LogP contribution in [0.1, 0.15) is 69.0 Å². The molecule has 50 heavy (non-hydrogen) atoms. The summed E-state index contributed by atoms with van der Waals surface area (Å²) < 4.78 is 84.8. The second-order valence-electron chi connectivity index (χ2n) is 11.6. The van der Waals surface area contributed by atoms with Crippen LogP contribution in [0.25, 0.3) is 24.3 Å². The average molecular weight is 745 g/mol. The fraction of sp³-hybridized carbons (Fsp3) is 0.312. The molecule has 256 valence electrons. The van der Waals surface area contributed by atoms with E-state index in [4.69, 9.17) is 9.47 Å². The Bertz CT molecular complexity index is 2470. The molecule has 18 heteroatoms. The van der Waals surface area contributed by atoms with Crippen LogP contribution in [0.2, 0.25) is 0 Å². The van der Waals surface area contributed by atoms with Crippen LogP contribution in [0.3, 0.4) is 0 Å². The smallest absolute Gasteiger partial charge is 0.744 e. The zero-order valence-corrected chi connectivity index (χ0v) is 34.7. The van der Waals surface area contributed by atoms with Crippen molar-refractivity contribution in [2.45, 2.75) is 63.2 Å². The number of nitrogens with one attached hydrogen (secondary N) is 4. The Morgan fingerprint density at radius 2 is 1.00 bits per heavy atom. The summed E-state index contributed by atoms with van der Waals surface area (Å²) in [5.41, 5.74) is 4.21. The average Bonchev–Trinajstić information content (AvgIpc) is 3.67. The molecule has 5 rings (SSSR count). The zero-order valence-electron chi connectivity index (χ0n) is 29.0. The third-order valence-corrected chi connectivity index (χ3v) is 10.7. The van der Waals surface area contributed by atoms with Crippen LogP contribution in [0.4, 0.5) is 0 Å². The Balaban J connectivity index is 0.00000338. The SMILES string of the molecule is COC(=O)CCc1c2[nH]c(c1C)C=c1[nH]c(c(C)c1S(=O)(=O)[O-])=Cc1[nH]c(c(C)c1S(=O)(=O)[O-])C=c1[nH]c(c(CCC(=O)OC)c1C)=C2.[Na+].[Na+]. The number of fused-ring (bicyclic) bond motifs is 8. The minimum Gasteiger partial charge on any atom is -0.744 e. The van der Waals surface area contributed by atoms with Crippen molar-refractivity contribution in [3.05, 3.63) is 77.6 Å². The van der Waals surface area contributed by atoms with Crippen LogP contribution in [-0.4, -0.2) is 72.0 Å². The van der Waals surface area contributed by atoms with Crippen molar-refractivity contribution in [2.75, 3.05) is 14.2 Å². The summed E-state index contributed by atoms with van der Waals surface area (Å²) in [6, 6.07) is 0. The number of H-pyrrole nitrogens is 4. The number of aromatic amines is 4. The monoisotopic (exact) mass is 744 g/mol. The van der Waals surface area contributed by atoms with Gasteiger partial charge in [-0.15, -0.1) is 0 Å². The number of hydrogen-bond acceptors (Lipinski definition) is 10. The first kappa shape index (κ1) is 41.8. The van der Waals surface area contributed by atoms with E-state index < -0.39 is 42.0 Å². The standard InChI is InChI=1S/C32H36N4O10S2.2Na/c1-15-19(7-9-29(37)45-5)25-14-26-20(8-10-30(38)46-6)16(2)22(34-26)12-27-32(48(42,43)44)18(4)24(36-27)13-28-31(47(39,40)41)17(3)23(35-28)11-21(15)33-25;;/h11-14,33-36H,7-10H2,1-6H3,(H,39,40,41)(H,42,43,44);;/q;2*+1/p-2. The molecule has 0 atom stereocenters. The maximum atomic E-state index is 12.5. The Hall–Kier alpha value is -2.64. The van der Waals surface area contributed by atoms with Crippen LogP contribution in [0, 0.1) is 27.7 Å². The van der Waals surface area contributed by atoms with Crippen molar-refractivity contribution in [1.29, 1.82) is 0 Å². The number of carbonyl (C=O) groups is 2. The minimum absolute atomic E-state index is 0.